The molecule has 7 heteroatoms. The second-order valence-electron chi connectivity index (χ2n) is 6.25. The lowest BCUT2D eigenvalue weighted by atomic mass is 9.96. The van der Waals surface area contributed by atoms with Crippen LogP contribution in [0.1, 0.15) is 22.5 Å². The molecule has 0 spiro atoms. The fourth-order valence-corrected chi connectivity index (χ4v) is 4.22. The molecule has 0 N–H and O–H groups in total. The molecule has 4 rings (SSSR count). The van der Waals surface area contributed by atoms with E-state index in [1.807, 2.05) is 4.90 Å². The molecule has 0 saturated carbocycles. The summed E-state index contributed by atoms with van der Waals surface area (Å²) in [5, 5.41) is 0.532. The van der Waals surface area contributed by atoms with Crippen molar-refractivity contribution < 1.29 is 18.7 Å². The summed E-state index contributed by atoms with van der Waals surface area (Å²) < 4.78 is 25.0. The molecule has 0 bridgehead atoms. The van der Waals surface area contributed by atoms with Crippen molar-refractivity contribution in [3.63, 3.8) is 0 Å². The number of nitrogens with zero attached hydrogens (tertiary/aromatic N) is 2. The number of ether oxygens (including phenoxy) is 2. The van der Waals surface area contributed by atoms with Crippen LogP contribution in [0.25, 0.3) is 10.6 Å². The number of piperidine rings is 1. The van der Waals surface area contributed by atoms with Gasteiger partial charge in [-0.15, -0.1) is 11.3 Å². The van der Waals surface area contributed by atoms with E-state index in [-0.39, 0.29) is 18.0 Å². The Balaban J connectivity index is 1.41. The number of likely N-dealkylation sites (tertiary alicyclic amines) is 1. The van der Waals surface area contributed by atoms with Crippen LogP contribution in [0.2, 0.25) is 0 Å². The summed E-state index contributed by atoms with van der Waals surface area (Å²) in [7, 11) is 0. The van der Waals surface area contributed by atoms with Gasteiger partial charge in [-0.25, -0.2) is 9.37 Å². The lowest BCUT2D eigenvalue weighted by Crippen LogP contribution is -2.41. The Morgan fingerprint density at radius 3 is 2.64 bits per heavy atom. The van der Waals surface area contributed by atoms with Crippen LogP contribution in [-0.4, -0.2) is 48.4 Å². The molecule has 0 unspecified atom stereocenters. The lowest BCUT2D eigenvalue weighted by molar-refractivity contribution is -0.0956. The van der Waals surface area contributed by atoms with Crippen LogP contribution in [0.4, 0.5) is 4.39 Å². The van der Waals surface area contributed by atoms with E-state index in [0.717, 1.165) is 12.8 Å². The summed E-state index contributed by atoms with van der Waals surface area (Å²) in [5.74, 6) is -0.0120. The van der Waals surface area contributed by atoms with Crippen molar-refractivity contribution in [1.29, 1.82) is 0 Å². The fraction of sp³-hybridized carbons (Fsp3) is 0.444. The average molecular weight is 362 g/mol. The normalized spacial score (nSPS) is 19.5. The van der Waals surface area contributed by atoms with Crippen LogP contribution in [0, 0.1) is 11.7 Å². The zero-order chi connectivity index (χ0) is 17.2. The monoisotopic (exact) mass is 362 g/mol. The highest BCUT2D eigenvalue weighted by Crippen LogP contribution is 2.30. The number of rotatable bonds is 3. The first-order chi connectivity index (χ1) is 12.2. The minimum absolute atomic E-state index is 0.0354. The van der Waals surface area contributed by atoms with Gasteiger partial charge in [0.2, 0.25) is 0 Å². The number of hydrogen-bond acceptors (Lipinski definition) is 5. The molecule has 2 aromatic rings. The third-order valence-corrected chi connectivity index (χ3v) is 5.70. The van der Waals surface area contributed by atoms with Gasteiger partial charge >= 0.3 is 0 Å². The number of amides is 1. The van der Waals surface area contributed by atoms with Gasteiger partial charge in [0.25, 0.3) is 5.91 Å². The van der Waals surface area contributed by atoms with E-state index in [9.17, 15) is 9.18 Å². The van der Waals surface area contributed by atoms with Crippen molar-refractivity contribution in [1.82, 2.24) is 9.88 Å². The van der Waals surface area contributed by atoms with E-state index in [4.69, 9.17) is 9.47 Å². The smallest absolute Gasteiger partial charge is 0.265 e. The molecule has 5 nitrogen and oxygen atoms in total. The molecule has 2 saturated heterocycles. The highest BCUT2D eigenvalue weighted by molar-refractivity contribution is 7.16. The zero-order valence-electron chi connectivity index (χ0n) is 13.7. The second-order valence-corrected chi connectivity index (χ2v) is 7.28. The number of benzene rings is 1. The van der Waals surface area contributed by atoms with E-state index in [2.05, 4.69) is 4.98 Å². The number of carbonyl (C=O) groups excluding carboxylic acids is 1. The summed E-state index contributed by atoms with van der Waals surface area (Å²) in [6.45, 7) is 2.67. The van der Waals surface area contributed by atoms with Gasteiger partial charge in [-0.2, -0.15) is 0 Å². The van der Waals surface area contributed by atoms with Crippen molar-refractivity contribution in [2.45, 2.75) is 19.1 Å². The van der Waals surface area contributed by atoms with Crippen LogP contribution >= 0.6 is 11.3 Å². The maximum Gasteiger partial charge on any atom is 0.265 e. The van der Waals surface area contributed by atoms with Crippen molar-refractivity contribution in [2.75, 3.05) is 26.3 Å². The summed E-state index contributed by atoms with van der Waals surface area (Å²) in [6.07, 6.45) is 3.17. The molecule has 1 amide bonds. The van der Waals surface area contributed by atoms with Crippen molar-refractivity contribution >= 4 is 17.2 Å². The van der Waals surface area contributed by atoms with Gasteiger partial charge in [-0.3, -0.25) is 4.79 Å². The maximum absolute atomic E-state index is 13.9. The largest absolute Gasteiger partial charge is 0.350 e. The molecule has 2 fully saturated rings. The number of carbonyl (C=O) groups is 1. The Labute approximate surface area is 149 Å². The molecule has 0 aliphatic carbocycles. The summed E-state index contributed by atoms with van der Waals surface area (Å²) in [4.78, 5) is 19.3. The fourth-order valence-electron chi connectivity index (χ4n) is 3.31. The van der Waals surface area contributed by atoms with Crippen molar-refractivity contribution in [2.24, 2.45) is 5.92 Å². The molecule has 3 heterocycles. The maximum atomic E-state index is 13.9. The van der Waals surface area contributed by atoms with Gasteiger partial charge in [0.05, 0.1) is 19.4 Å². The Hall–Kier alpha value is -1.83. The van der Waals surface area contributed by atoms with Gasteiger partial charge in [-0.05, 0) is 25.0 Å². The topological polar surface area (TPSA) is 51.7 Å². The molecule has 0 radical (unpaired) electrons. The minimum atomic E-state index is -0.326. The first kappa shape index (κ1) is 16.6. The number of hydrogen-bond donors (Lipinski definition) is 0. The van der Waals surface area contributed by atoms with Crippen LogP contribution in [-0.2, 0) is 9.47 Å². The van der Waals surface area contributed by atoms with Crippen LogP contribution < -0.4 is 0 Å². The molecule has 2 aliphatic heterocycles. The van der Waals surface area contributed by atoms with E-state index in [1.54, 1.807) is 24.4 Å². The first-order valence-corrected chi connectivity index (χ1v) is 9.27. The predicted octanol–water partition coefficient (Wildman–Crippen LogP) is 3.17. The Morgan fingerprint density at radius 1 is 1.20 bits per heavy atom. The van der Waals surface area contributed by atoms with E-state index in [1.165, 1.54) is 17.4 Å². The Bertz CT molecular complexity index is 752. The summed E-state index contributed by atoms with van der Waals surface area (Å²) in [5.41, 5.74) is 0.431. The zero-order valence-corrected chi connectivity index (χ0v) is 14.5. The average Bonchev–Trinajstić information content (AvgIpc) is 3.34. The van der Waals surface area contributed by atoms with Crippen molar-refractivity contribution in [3.05, 3.63) is 41.2 Å². The molecule has 25 heavy (non-hydrogen) atoms. The molecule has 132 valence electrons. The van der Waals surface area contributed by atoms with Gasteiger partial charge < -0.3 is 14.4 Å². The van der Waals surface area contributed by atoms with E-state index in [0.29, 0.717) is 47.7 Å². The third-order valence-electron chi connectivity index (χ3n) is 4.68. The molecule has 0 atom stereocenters. The molecular weight excluding hydrogens is 343 g/mol. The van der Waals surface area contributed by atoms with Crippen LogP contribution in [0.3, 0.4) is 0 Å². The quantitative estimate of drug-likeness (QED) is 0.842. The van der Waals surface area contributed by atoms with Gasteiger partial charge in [0.15, 0.2) is 6.29 Å². The van der Waals surface area contributed by atoms with E-state index < -0.39 is 0 Å². The first-order valence-electron chi connectivity index (χ1n) is 8.45. The van der Waals surface area contributed by atoms with Gasteiger partial charge in [-0.1, -0.05) is 12.1 Å². The molecule has 1 aromatic carbocycles. The van der Waals surface area contributed by atoms with Gasteiger partial charge in [0.1, 0.15) is 15.7 Å². The van der Waals surface area contributed by atoms with Crippen LogP contribution in [0.15, 0.2) is 30.5 Å². The van der Waals surface area contributed by atoms with Crippen LogP contribution in [0.5, 0.6) is 0 Å². The number of thiazole rings is 1. The van der Waals surface area contributed by atoms with Gasteiger partial charge in [0, 0.05) is 24.6 Å². The number of halogens is 1. The highest BCUT2D eigenvalue weighted by atomic mass is 32.1. The lowest BCUT2D eigenvalue weighted by Gasteiger charge is -2.33. The summed E-state index contributed by atoms with van der Waals surface area (Å²) in [6, 6.07) is 6.48. The standard InChI is InChI=1S/C18H19FN2O3S/c19-14-4-2-1-3-13(14)16-20-11-15(25-16)17(22)21-7-5-12(6-8-21)18-23-9-10-24-18/h1-4,11-12,18H,5-10H2. The van der Waals surface area contributed by atoms with E-state index >= 15 is 0 Å². The minimum Gasteiger partial charge on any atom is -0.350 e. The SMILES string of the molecule is O=C(c1cnc(-c2ccccc2F)s1)N1CCC(C2OCCO2)CC1. The second kappa shape index (κ2) is 7.19. The van der Waals surface area contributed by atoms with Crippen molar-refractivity contribution in [3.8, 4) is 10.6 Å². The Kier molecular flexibility index (Phi) is 4.78. The number of aromatic nitrogens is 1. The predicted molar refractivity (Wildman–Crippen MR) is 91.8 cm³/mol. The molecule has 2 aliphatic rings. The molecular formula is C18H19FN2O3S. The Morgan fingerprint density at radius 2 is 1.92 bits per heavy atom. The third kappa shape index (κ3) is 3.44. The summed E-state index contributed by atoms with van der Waals surface area (Å²) >= 11 is 1.24. The highest BCUT2D eigenvalue weighted by Gasteiger charge is 2.32. The molecule has 1 aromatic heterocycles.